The smallest absolute Gasteiger partial charge is 0.410 e. The van der Waals surface area contributed by atoms with E-state index in [1.54, 1.807) is 0 Å². The highest BCUT2D eigenvalue weighted by molar-refractivity contribution is 5.70. The molecule has 0 unspecified atom stereocenters. The monoisotopic (exact) mass is 448 g/mol. The minimum Gasteiger partial charge on any atom is -0.445 e. The van der Waals surface area contributed by atoms with Gasteiger partial charge in [-0.2, -0.15) is 0 Å². The number of carbonyl (C=O) groups excluding carboxylic acids is 1. The normalized spacial score (nSPS) is 18.9. The van der Waals surface area contributed by atoms with E-state index in [1.165, 1.54) is 24.3 Å². The fourth-order valence-corrected chi connectivity index (χ4v) is 4.32. The van der Waals surface area contributed by atoms with Crippen LogP contribution in [0.25, 0.3) is 0 Å². The number of carbonyl (C=O) groups is 1. The summed E-state index contributed by atoms with van der Waals surface area (Å²) in [6.45, 7) is 5.92. The third kappa shape index (κ3) is 8.19. The molecule has 3 rings (SSSR count). The van der Waals surface area contributed by atoms with Crippen LogP contribution in [0, 0.1) is 18.8 Å². The van der Waals surface area contributed by atoms with Gasteiger partial charge in [0.2, 0.25) is 0 Å². The van der Waals surface area contributed by atoms with Crippen molar-refractivity contribution in [1.29, 1.82) is 0 Å². The minimum atomic E-state index is -0.223. The zero-order valence-corrected chi connectivity index (χ0v) is 20.1. The molecule has 1 saturated heterocycles. The first kappa shape index (κ1) is 25.3. The van der Waals surface area contributed by atoms with E-state index in [2.05, 4.69) is 38.8 Å². The highest BCUT2D eigenvalue weighted by Crippen LogP contribution is 2.34. The molecule has 2 atom stereocenters. The van der Waals surface area contributed by atoms with Gasteiger partial charge in [-0.25, -0.2) is 4.79 Å². The van der Waals surface area contributed by atoms with E-state index < -0.39 is 0 Å². The van der Waals surface area contributed by atoms with Gasteiger partial charge in [-0.3, -0.25) is 0 Å². The van der Waals surface area contributed by atoms with Crippen LogP contribution >= 0.6 is 0 Å². The Labute approximate surface area is 200 Å². The number of benzene rings is 2. The maximum absolute atomic E-state index is 13.3. The molecule has 1 amide bonds. The lowest BCUT2D eigenvalue weighted by molar-refractivity contribution is 0.0556. The fourth-order valence-electron chi connectivity index (χ4n) is 4.32. The largest absolute Gasteiger partial charge is 0.445 e. The van der Waals surface area contributed by atoms with Gasteiger partial charge in [0.15, 0.2) is 0 Å². The second kappa shape index (κ2) is 14.0. The van der Waals surface area contributed by atoms with Gasteiger partial charge in [0.25, 0.3) is 0 Å². The first-order valence-electron chi connectivity index (χ1n) is 12.3. The van der Waals surface area contributed by atoms with Gasteiger partial charge in [-0.05, 0) is 49.1 Å². The molecule has 4 heteroatoms. The summed E-state index contributed by atoms with van der Waals surface area (Å²) in [5, 5.41) is 0. The van der Waals surface area contributed by atoms with E-state index >= 15 is 0 Å². The van der Waals surface area contributed by atoms with Crippen LogP contribution < -0.4 is 0 Å². The van der Waals surface area contributed by atoms with E-state index in [9.17, 15) is 4.79 Å². The molecule has 0 bridgehead atoms. The van der Waals surface area contributed by atoms with Crippen molar-refractivity contribution in [3.05, 3.63) is 90.6 Å². The van der Waals surface area contributed by atoms with Crippen molar-refractivity contribution in [2.45, 2.75) is 77.7 Å². The van der Waals surface area contributed by atoms with Gasteiger partial charge in [0.1, 0.15) is 6.61 Å². The molecular weight excluding hydrogens is 410 g/mol. The van der Waals surface area contributed by atoms with Crippen molar-refractivity contribution in [3.63, 3.8) is 0 Å². The zero-order valence-electron chi connectivity index (χ0n) is 20.1. The molecule has 177 valence electrons. The van der Waals surface area contributed by atoms with Crippen LogP contribution in [-0.4, -0.2) is 29.7 Å². The second-order valence-corrected chi connectivity index (χ2v) is 8.81. The molecule has 1 aliphatic rings. The first-order chi connectivity index (χ1) is 16.2. The topological polar surface area (TPSA) is 38.8 Å². The van der Waals surface area contributed by atoms with Gasteiger partial charge in [0.05, 0.1) is 6.61 Å². The molecule has 4 nitrogen and oxygen atoms in total. The van der Waals surface area contributed by atoms with Crippen molar-refractivity contribution < 1.29 is 14.3 Å². The third-order valence-electron chi connectivity index (χ3n) is 6.20. The van der Waals surface area contributed by atoms with Crippen LogP contribution in [0.2, 0.25) is 0 Å². The molecule has 33 heavy (non-hydrogen) atoms. The molecule has 3 radical (unpaired) electrons. The van der Waals surface area contributed by atoms with Crippen molar-refractivity contribution in [2.75, 3.05) is 6.61 Å². The van der Waals surface area contributed by atoms with Crippen molar-refractivity contribution in [1.82, 2.24) is 4.90 Å². The number of hydrogen-bond acceptors (Lipinski definition) is 3. The molecule has 2 aromatic rings. The third-order valence-corrected chi connectivity index (χ3v) is 6.20. The fraction of sp³-hybridized carbons (Fsp3) is 0.448. The summed E-state index contributed by atoms with van der Waals surface area (Å²) >= 11 is 0. The van der Waals surface area contributed by atoms with E-state index in [0.717, 1.165) is 31.2 Å². The Kier molecular flexibility index (Phi) is 10.8. The summed E-state index contributed by atoms with van der Waals surface area (Å²) in [5.41, 5.74) is 2.19. The molecular formula is C29H38NO3. The van der Waals surface area contributed by atoms with E-state index in [4.69, 9.17) is 9.47 Å². The Morgan fingerprint density at radius 1 is 0.879 bits per heavy atom. The summed E-state index contributed by atoms with van der Waals surface area (Å²) in [4.78, 5) is 15.2. The van der Waals surface area contributed by atoms with Gasteiger partial charge >= 0.3 is 6.09 Å². The summed E-state index contributed by atoms with van der Waals surface area (Å²) in [7, 11) is 0. The number of amides is 1. The number of ether oxygens (including phenoxy) is 2. The van der Waals surface area contributed by atoms with Gasteiger partial charge in [-0.15, -0.1) is 0 Å². The number of likely N-dealkylation sites (tertiary alicyclic amines) is 1. The maximum atomic E-state index is 13.3. The highest BCUT2D eigenvalue weighted by atomic mass is 16.6. The van der Waals surface area contributed by atoms with Crippen LogP contribution in [0.1, 0.15) is 63.5 Å². The van der Waals surface area contributed by atoms with Crippen LogP contribution in [-0.2, 0) is 22.7 Å². The lowest BCUT2D eigenvalue weighted by Crippen LogP contribution is -2.53. The molecule has 1 aliphatic heterocycles. The van der Waals surface area contributed by atoms with Crippen molar-refractivity contribution in [2.24, 2.45) is 0 Å². The summed E-state index contributed by atoms with van der Waals surface area (Å²) in [5.74, 6) is 1.21. The quantitative estimate of drug-likeness (QED) is 0.330. The van der Waals surface area contributed by atoms with Crippen LogP contribution in [0.4, 0.5) is 4.79 Å². The predicted octanol–water partition coefficient (Wildman–Crippen LogP) is 6.96. The summed E-state index contributed by atoms with van der Waals surface area (Å²) < 4.78 is 11.7. The Morgan fingerprint density at radius 3 is 2.21 bits per heavy atom. The molecule has 1 heterocycles. The molecule has 0 aliphatic carbocycles. The Hall–Kier alpha value is -2.33. The van der Waals surface area contributed by atoms with Gasteiger partial charge in [0, 0.05) is 18.7 Å². The molecule has 0 aromatic heterocycles. The number of hydrogen-bond donors (Lipinski definition) is 0. The summed E-state index contributed by atoms with van der Waals surface area (Å²) in [6.07, 6.45) is 10.4. The molecule has 0 saturated carbocycles. The van der Waals surface area contributed by atoms with E-state index in [-0.39, 0.29) is 18.2 Å². The average Bonchev–Trinajstić information content (AvgIpc) is 2.85. The standard InChI is InChI=1S/C29H38NO3/c1-3-4-7-17-27-20-19-24(2)28(18-12-21-32-22-25-13-8-5-9-14-25)30(27)29(31)33-23-26-15-10-6-11-16-26/h5-6,8-11,13-16,19-20,27-28H,3-4,7,12,17-18,21-23H2,1-2H3/t27-,28+/m1/s1. The first-order valence-corrected chi connectivity index (χ1v) is 12.3. The highest BCUT2D eigenvalue weighted by Gasteiger charge is 2.39. The zero-order chi connectivity index (χ0) is 23.3. The lowest BCUT2D eigenvalue weighted by Gasteiger charge is -2.44. The molecule has 2 aromatic carbocycles. The second-order valence-electron chi connectivity index (χ2n) is 8.81. The van der Waals surface area contributed by atoms with Crippen molar-refractivity contribution in [3.8, 4) is 0 Å². The van der Waals surface area contributed by atoms with E-state index in [1.807, 2.05) is 53.4 Å². The SMILES string of the molecule is CCCCC[C@@H]1[CH][CH][C](C)[C@H](CCCOCc2ccccc2)N1C(=O)OCc1ccccc1. The molecule has 0 spiro atoms. The number of piperidine rings is 1. The van der Waals surface area contributed by atoms with Crippen molar-refractivity contribution >= 4 is 6.09 Å². The molecule has 1 fully saturated rings. The average molecular weight is 449 g/mol. The lowest BCUT2D eigenvalue weighted by atomic mass is 9.83. The Balaban J connectivity index is 1.57. The van der Waals surface area contributed by atoms with Crippen LogP contribution in [0.3, 0.4) is 0 Å². The molecule has 0 N–H and O–H groups in total. The Morgan fingerprint density at radius 2 is 1.55 bits per heavy atom. The number of rotatable bonds is 12. The van der Waals surface area contributed by atoms with Crippen LogP contribution in [0.5, 0.6) is 0 Å². The van der Waals surface area contributed by atoms with Gasteiger partial charge in [-0.1, -0.05) is 93.8 Å². The number of unbranched alkanes of at least 4 members (excludes halogenated alkanes) is 2. The summed E-state index contributed by atoms with van der Waals surface area (Å²) in [6, 6.07) is 20.2. The van der Waals surface area contributed by atoms with E-state index in [0.29, 0.717) is 19.8 Å². The predicted molar refractivity (Wildman–Crippen MR) is 133 cm³/mol. The van der Waals surface area contributed by atoms with Crippen LogP contribution in [0.15, 0.2) is 60.7 Å². The number of nitrogens with zero attached hydrogens (tertiary/aromatic N) is 1. The maximum Gasteiger partial charge on any atom is 0.410 e. The minimum absolute atomic E-state index is 0.0465. The van der Waals surface area contributed by atoms with Gasteiger partial charge < -0.3 is 14.4 Å². The Bertz CT molecular complexity index is 795.